The number of thiophene rings is 1. The number of hydrogen-bond donors (Lipinski definition) is 3. The van der Waals surface area contributed by atoms with Crippen LogP contribution in [0, 0.1) is 24.7 Å². The zero-order valence-electron chi connectivity index (χ0n) is 17.4. The summed E-state index contributed by atoms with van der Waals surface area (Å²) in [6.07, 6.45) is 11.0. The molecule has 1 aromatic rings. The second-order valence-electron chi connectivity index (χ2n) is 8.00. The normalized spacial score (nSPS) is 25.3. The van der Waals surface area contributed by atoms with Crippen LogP contribution in [0.5, 0.6) is 0 Å². The zero-order chi connectivity index (χ0) is 22.1. The van der Waals surface area contributed by atoms with Gasteiger partial charge in [-0.15, -0.1) is 0 Å². The third-order valence-electron chi connectivity index (χ3n) is 5.73. The summed E-state index contributed by atoms with van der Waals surface area (Å²) in [5, 5.41) is 30.3. The summed E-state index contributed by atoms with van der Waals surface area (Å²) in [6.45, 7) is 1.99. The summed E-state index contributed by atoms with van der Waals surface area (Å²) in [6, 6.07) is 1.96. The van der Waals surface area contributed by atoms with Crippen molar-refractivity contribution in [3.05, 3.63) is 45.1 Å². The van der Waals surface area contributed by atoms with E-state index in [1.54, 1.807) is 17.3 Å². The predicted octanol–water partition coefficient (Wildman–Crippen LogP) is 4.34. The minimum absolute atomic E-state index is 0.0349. The van der Waals surface area contributed by atoms with Gasteiger partial charge in [0, 0.05) is 0 Å². The third-order valence-corrected chi connectivity index (χ3v) is 7.35. The Morgan fingerprint density at radius 1 is 1.43 bits per heavy atom. The number of aliphatic hydroxyl groups is 2. The van der Waals surface area contributed by atoms with E-state index in [9.17, 15) is 15.0 Å². The first-order valence-corrected chi connectivity index (χ1v) is 11.7. The van der Waals surface area contributed by atoms with Crippen molar-refractivity contribution in [3.8, 4) is 0 Å². The van der Waals surface area contributed by atoms with E-state index in [1.807, 2.05) is 37.3 Å². The summed E-state index contributed by atoms with van der Waals surface area (Å²) in [7, 11) is 5.81. The SMILES string of the molecule is [B]=C[C@@H]1CC(O)[C@H](C/C=C\CCCC(=O)O)[C@H]1/C=C/[C@@H](O)CCc1cc(Cl)c(C)s1. The zero-order valence-corrected chi connectivity index (χ0v) is 19.0. The van der Waals surface area contributed by atoms with Crippen LogP contribution in [0.15, 0.2) is 30.4 Å². The fraction of sp³-hybridized carbons (Fsp3) is 0.565. The number of halogens is 1. The molecule has 2 rings (SSSR count). The van der Waals surface area contributed by atoms with E-state index >= 15 is 0 Å². The van der Waals surface area contributed by atoms with E-state index < -0.39 is 18.2 Å². The summed E-state index contributed by atoms with van der Waals surface area (Å²) in [5.41, 5.74) is 0. The Morgan fingerprint density at radius 2 is 2.20 bits per heavy atom. The third kappa shape index (κ3) is 7.80. The Kier molecular flexibility index (Phi) is 10.5. The van der Waals surface area contributed by atoms with Crippen molar-refractivity contribution in [2.75, 3.05) is 0 Å². The molecule has 30 heavy (non-hydrogen) atoms. The number of unbranched alkanes of at least 4 members (excludes halogenated alkanes) is 1. The Hall–Kier alpha value is -1.21. The monoisotopic (exact) mass is 449 g/mol. The molecule has 0 aromatic carbocycles. The van der Waals surface area contributed by atoms with Gasteiger partial charge < -0.3 is 0 Å². The average molecular weight is 450 g/mol. The van der Waals surface area contributed by atoms with E-state index in [0.29, 0.717) is 32.1 Å². The van der Waals surface area contributed by atoms with Crippen LogP contribution < -0.4 is 0 Å². The Labute approximate surface area is 189 Å². The number of aliphatic hydroxyl groups excluding tert-OH is 2. The molecule has 4 nitrogen and oxygen atoms in total. The van der Waals surface area contributed by atoms with Gasteiger partial charge >= 0.3 is 189 Å². The fourth-order valence-electron chi connectivity index (χ4n) is 4.02. The molecular weight excluding hydrogens is 419 g/mol. The first kappa shape index (κ1) is 25.1. The van der Waals surface area contributed by atoms with Gasteiger partial charge in [-0.05, 0) is 0 Å². The molecule has 1 aromatic heterocycles. The van der Waals surface area contributed by atoms with E-state index in [0.717, 1.165) is 16.3 Å². The second-order valence-corrected chi connectivity index (χ2v) is 9.75. The Morgan fingerprint density at radius 3 is 2.83 bits per heavy atom. The molecule has 7 heteroatoms. The maximum atomic E-state index is 10.6. The summed E-state index contributed by atoms with van der Waals surface area (Å²) < 4.78 is 0. The van der Waals surface area contributed by atoms with E-state index in [2.05, 4.69) is 0 Å². The number of allylic oxidation sites excluding steroid dienone is 3. The van der Waals surface area contributed by atoms with Crippen molar-refractivity contribution in [2.24, 2.45) is 17.8 Å². The van der Waals surface area contributed by atoms with Gasteiger partial charge in [-0.1, -0.05) is 0 Å². The van der Waals surface area contributed by atoms with Crippen LogP contribution in [0.25, 0.3) is 0 Å². The van der Waals surface area contributed by atoms with E-state index in [1.165, 1.54) is 4.88 Å². The molecule has 1 unspecified atom stereocenters. The van der Waals surface area contributed by atoms with Gasteiger partial charge in [0.15, 0.2) is 0 Å². The number of rotatable bonds is 12. The molecular formula is C23H31BClO4S. The molecule has 5 atom stereocenters. The number of carbonyl (C=O) groups is 1. The molecule has 163 valence electrons. The molecule has 1 heterocycles. The Balaban J connectivity index is 1.89. The van der Waals surface area contributed by atoms with Crippen LogP contribution in [-0.2, 0) is 11.2 Å². The first-order valence-electron chi connectivity index (χ1n) is 10.5. The summed E-state index contributed by atoms with van der Waals surface area (Å²) in [4.78, 5) is 12.8. The van der Waals surface area contributed by atoms with Crippen molar-refractivity contribution < 1.29 is 20.1 Å². The fourth-order valence-corrected chi connectivity index (χ4v) is 5.28. The van der Waals surface area contributed by atoms with Crippen LogP contribution >= 0.6 is 22.9 Å². The number of aryl methyl sites for hydroxylation is 2. The number of aliphatic carboxylic acids is 1. The predicted molar refractivity (Wildman–Crippen MR) is 126 cm³/mol. The molecule has 1 saturated carbocycles. The van der Waals surface area contributed by atoms with E-state index in [-0.39, 0.29) is 24.2 Å². The van der Waals surface area contributed by atoms with Crippen molar-refractivity contribution in [3.63, 3.8) is 0 Å². The Bertz CT molecular complexity index is 741. The number of carboxylic acids is 1. The van der Waals surface area contributed by atoms with Gasteiger partial charge in [0.05, 0.1) is 0 Å². The number of carboxylic acid groups (broad SMARTS) is 1. The topological polar surface area (TPSA) is 77.8 Å². The second kappa shape index (κ2) is 12.6. The summed E-state index contributed by atoms with van der Waals surface area (Å²) in [5.74, 6) is 1.05. The molecule has 0 amide bonds. The quantitative estimate of drug-likeness (QED) is 0.252. The minimum atomic E-state index is -0.781. The molecule has 0 saturated heterocycles. The summed E-state index contributed by atoms with van der Waals surface area (Å²) >= 11 is 7.76. The molecule has 1 radical (unpaired) electrons. The molecule has 3 N–H and O–H groups in total. The van der Waals surface area contributed by atoms with Crippen molar-refractivity contribution in [2.45, 2.75) is 64.1 Å². The van der Waals surface area contributed by atoms with Crippen molar-refractivity contribution in [1.82, 2.24) is 0 Å². The van der Waals surface area contributed by atoms with Crippen LogP contribution in [0.4, 0.5) is 0 Å². The van der Waals surface area contributed by atoms with Crippen molar-refractivity contribution >= 4 is 42.4 Å². The van der Waals surface area contributed by atoms with Crippen LogP contribution in [0.2, 0.25) is 5.02 Å². The molecule has 1 aliphatic carbocycles. The molecule has 0 spiro atoms. The number of hydrogen-bond acceptors (Lipinski definition) is 4. The van der Waals surface area contributed by atoms with Gasteiger partial charge in [0.1, 0.15) is 0 Å². The van der Waals surface area contributed by atoms with E-state index in [4.69, 9.17) is 24.2 Å². The van der Waals surface area contributed by atoms with Gasteiger partial charge in [0.2, 0.25) is 0 Å². The first-order chi connectivity index (χ1) is 14.3. The van der Waals surface area contributed by atoms with Crippen LogP contribution in [0.1, 0.15) is 48.3 Å². The molecule has 0 aliphatic heterocycles. The maximum absolute atomic E-state index is 10.6. The van der Waals surface area contributed by atoms with Gasteiger partial charge in [-0.3, -0.25) is 0 Å². The van der Waals surface area contributed by atoms with Gasteiger partial charge in [-0.2, -0.15) is 0 Å². The molecule has 0 bridgehead atoms. The van der Waals surface area contributed by atoms with Crippen LogP contribution in [-0.4, -0.2) is 47.0 Å². The molecule has 1 fully saturated rings. The molecule has 1 aliphatic rings. The average Bonchev–Trinajstić information content (AvgIpc) is 3.19. The van der Waals surface area contributed by atoms with Gasteiger partial charge in [0.25, 0.3) is 0 Å². The van der Waals surface area contributed by atoms with Gasteiger partial charge in [-0.25, -0.2) is 0 Å². The van der Waals surface area contributed by atoms with Crippen LogP contribution in [0.3, 0.4) is 0 Å². The standard InChI is InChI=1S/C23H31BClO4S/c1-15-21(25)13-18(30-15)10-8-17(26)9-11-19-16(14-24)12-22(27)20(19)6-4-2-3-5-7-23(28)29/h2,4,9,11,13-14,16-17,19-20,22,26-27H,3,5-8,10,12H2,1H3,(H,28,29)/b4-2-,11-9+/t16-,17-,19-,20+,22?/m0/s1. The van der Waals surface area contributed by atoms with Crippen molar-refractivity contribution in [1.29, 1.82) is 0 Å².